The van der Waals surface area contributed by atoms with Crippen LogP contribution in [0.15, 0.2) is 18.2 Å². The van der Waals surface area contributed by atoms with Crippen LogP contribution >= 0.6 is 23.2 Å². The number of nitrogens with zero attached hydrogens (tertiary/aromatic N) is 2. The van der Waals surface area contributed by atoms with Crippen molar-refractivity contribution in [1.29, 1.82) is 0 Å². The molecule has 0 aliphatic carbocycles. The highest BCUT2D eigenvalue weighted by atomic mass is 35.5. The molecule has 0 aromatic heterocycles. The molecule has 0 atom stereocenters. The summed E-state index contributed by atoms with van der Waals surface area (Å²) in [4.78, 5) is 28.5. The zero-order valence-corrected chi connectivity index (χ0v) is 15.5. The van der Waals surface area contributed by atoms with Crippen molar-refractivity contribution in [3.05, 3.63) is 33.8 Å². The first-order valence-electron chi connectivity index (χ1n) is 8.10. The lowest BCUT2D eigenvalue weighted by Gasteiger charge is -2.35. The van der Waals surface area contributed by atoms with Crippen molar-refractivity contribution >= 4 is 35.0 Å². The largest absolute Gasteiger partial charge is 0.343 e. The van der Waals surface area contributed by atoms with E-state index < -0.39 is 0 Å². The molecule has 1 N–H and O–H groups in total. The molecule has 0 unspecified atom stereocenters. The molecule has 1 saturated heterocycles. The van der Waals surface area contributed by atoms with Crippen molar-refractivity contribution < 1.29 is 9.59 Å². The van der Waals surface area contributed by atoms with Crippen LogP contribution in [0.3, 0.4) is 0 Å². The molecule has 1 heterocycles. The Hall–Kier alpha value is -1.30. The minimum absolute atomic E-state index is 0.0107. The van der Waals surface area contributed by atoms with E-state index in [-0.39, 0.29) is 18.4 Å². The molecule has 1 aliphatic heterocycles. The van der Waals surface area contributed by atoms with Crippen molar-refractivity contribution in [2.75, 3.05) is 39.3 Å². The van der Waals surface area contributed by atoms with Gasteiger partial charge in [-0.05, 0) is 24.1 Å². The van der Waals surface area contributed by atoms with Gasteiger partial charge >= 0.3 is 0 Å². The lowest BCUT2D eigenvalue weighted by molar-refractivity contribution is -0.131. The molecule has 0 radical (unpaired) electrons. The second-order valence-electron chi connectivity index (χ2n) is 6.39. The monoisotopic (exact) mass is 371 g/mol. The van der Waals surface area contributed by atoms with E-state index in [4.69, 9.17) is 23.2 Å². The number of rotatable bonds is 5. The van der Waals surface area contributed by atoms with Gasteiger partial charge in [0.15, 0.2) is 0 Å². The van der Waals surface area contributed by atoms with E-state index in [2.05, 4.69) is 24.1 Å². The Morgan fingerprint density at radius 3 is 2.38 bits per heavy atom. The van der Waals surface area contributed by atoms with E-state index in [9.17, 15) is 9.59 Å². The number of nitrogens with one attached hydrogen (secondary N) is 1. The predicted octanol–water partition coefficient (Wildman–Crippen LogP) is 2.52. The fourth-order valence-electron chi connectivity index (χ4n) is 2.70. The normalized spacial score (nSPS) is 15.6. The van der Waals surface area contributed by atoms with Crippen molar-refractivity contribution in [2.24, 2.45) is 5.92 Å². The maximum atomic E-state index is 12.2. The zero-order valence-electron chi connectivity index (χ0n) is 14.0. The quantitative estimate of drug-likeness (QED) is 0.864. The first kappa shape index (κ1) is 19.0. The van der Waals surface area contributed by atoms with Crippen molar-refractivity contribution in [2.45, 2.75) is 13.8 Å². The van der Waals surface area contributed by atoms with Crippen LogP contribution < -0.4 is 5.32 Å². The Morgan fingerprint density at radius 2 is 1.79 bits per heavy atom. The van der Waals surface area contributed by atoms with Crippen molar-refractivity contribution in [1.82, 2.24) is 15.1 Å². The van der Waals surface area contributed by atoms with Crippen LogP contribution in [-0.2, 0) is 4.79 Å². The number of amides is 2. The Balaban J connectivity index is 1.79. The van der Waals surface area contributed by atoms with Crippen LogP contribution in [0, 0.1) is 5.92 Å². The molecule has 1 aliphatic rings. The van der Waals surface area contributed by atoms with Gasteiger partial charge in [-0.25, -0.2) is 0 Å². The summed E-state index contributed by atoms with van der Waals surface area (Å²) in [7, 11) is 0. The molecular formula is C17H23Cl2N3O2. The molecule has 0 bridgehead atoms. The van der Waals surface area contributed by atoms with E-state index in [1.165, 1.54) is 6.07 Å². The molecule has 1 fully saturated rings. The number of hydrogen-bond acceptors (Lipinski definition) is 3. The lowest BCUT2D eigenvalue weighted by Crippen LogP contribution is -2.51. The van der Waals surface area contributed by atoms with Gasteiger partial charge in [0.05, 0.1) is 16.6 Å². The van der Waals surface area contributed by atoms with E-state index >= 15 is 0 Å². The first-order chi connectivity index (χ1) is 11.4. The predicted molar refractivity (Wildman–Crippen MR) is 96.7 cm³/mol. The molecular weight excluding hydrogens is 349 g/mol. The van der Waals surface area contributed by atoms with Crippen molar-refractivity contribution in [3.63, 3.8) is 0 Å². The van der Waals surface area contributed by atoms with Crippen LogP contribution in [0.1, 0.15) is 24.2 Å². The van der Waals surface area contributed by atoms with Gasteiger partial charge in [-0.3, -0.25) is 14.5 Å². The summed E-state index contributed by atoms with van der Waals surface area (Å²) >= 11 is 11.7. The summed E-state index contributed by atoms with van der Waals surface area (Å²) in [6, 6.07) is 4.64. The molecule has 24 heavy (non-hydrogen) atoms. The third-order valence-corrected chi connectivity index (χ3v) is 4.67. The Morgan fingerprint density at radius 1 is 1.12 bits per heavy atom. The zero-order chi connectivity index (χ0) is 17.7. The molecule has 1 aromatic rings. The topological polar surface area (TPSA) is 52.6 Å². The molecule has 5 nitrogen and oxygen atoms in total. The minimum atomic E-state index is -0.333. The second kappa shape index (κ2) is 8.70. The van der Waals surface area contributed by atoms with Crippen LogP contribution in [0.4, 0.5) is 0 Å². The van der Waals surface area contributed by atoms with Crippen LogP contribution in [-0.4, -0.2) is 60.9 Å². The number of carbonyl (C=O) groups is 2. The molecule has 7 heteroatoms. The number of benzene rings is 1. The highest BCUT2D eigenvalue weighted by Crippen LogP contribution is 2.22. The molecule has 2 amide bonds. The lowest BCUT2D eigenvalue weighted by atomic mass is 10.2. The molecule has 1 aromatic carbocycles. The van der Waals surface area contributed by atoms with Gasteiger partial charge in [0.1, 0.15) is 0 Å². The number of halogens is 2. The van der Waals surface area contributed by atoms with Crippen LogP contribution in [0.2, 0.25) is 10.0 Å². The van der Waals surface area contributed by atoms with Gasteiger partial charge in [-0.1, -0.05) is 37.0 Å². The third-order valence-electron chi connectivity index (χ3n) is 3.93. The van der Waals surface area contributed by atoms with Gasteiger partial charge in [0.25, 0.3) is 5.91 Å². The fourth-order valence-corrected chi connectivity index (χ4v) is 3.00. The fraction of sp³-hybridized carbons (Fsp3) is 0.529. The number of piperazine rings is 1. The van der Waals surface area contributed by atoms with Gasteiger partial charge in [-0.15, -0.1) is 0 Å². The summed E-state index contributed by atoms with van der Waals surface area (Å²) < 4.78 is 0. The van der Waals surface area contributed by atoms with Gasteiger partial charge in [-0.2, -0.15) is 0 Å². The Bertz CT molecular complexity index is 599. The maximum absolute atomic E-state index is 12.2. The number of carbonyl (C=O) groups excluding carboxylic acids is 2. The summed E-state index contributed by atoms with van der Waals surface area (Å²) in [5, 5.41) is 3.35. The van der Waals surface area contributed by atoms with E-state index in [1.54, 1.807) is 17.0 Å². The van der Waals surface area contributed by atoms with E-state index in [0.717, 1.165) is 19.6 Å². The third kappa shape index (κ3) is 5.36. The van der Waals surface area contributed by atoms with Crippen LogP contribution in [0.25, 0.3) is 0 Å². The smallest absolute Gasteiger partial charge is 0.251 e. The SMILES string of the molecule is CC(C)CN1CCN(C(=O)CNC(=O)c2ccc(Cl)c(Cl)c2)CC1. The van der Waals surface area contributed by atoms with E-state index in [1.807, 2.05) is 0 Å². The van der Waals surface area contributed by atoms with Crippen LogP contribution in [0.5, 0.6) is 0 Å². The minimum Gasteiger partial charge on any atom is -0.343 e. The van der Waals surface area contributed by atoms with E-state index in [0.29, 0.717) is 34.6 Å². The molecule has 132 valence electrons. The Labute approximate surface area is 152 Å². The highest BCUT2D eigenvalue weighted by molar-refractivity contribution is 6.42. The number of hydrogen-bond donors (Lipinski definition) is 1. The standard InChI is InChI=1S/C17H23Cl2N3O2/c1-12(2)11-21-5-7-22(8-6-21)16(23)10-20-17(24)13-3-4-14(18)15(19)9-13/h3-4,9,12H,5-8,10-11H2,1-2H3,(H,20,24). The molecule has 0 spiro atoms. The summed E-state index contributed by atoms with van der Waals surface area (Å²) in [5.74, 6) is 0.228. The van der Waals surface area contributed by atoms with Gasteiger partial charge in [0, 0.05) is 38.3 Å². The second-order valence-corrected chi connectivity index (χ2v) is 7.20. The van der Waals surface area contributed by atoms with Gasteiger partial charge in [0.2, 0.25) is 5.91 Å². The summed E-state index contributed by atoms with van der Waals surface area (Å²) in [5.41, 5.74) is 0.388. The average molecular weight is 372 g/mol. The van der Waals surface area contributed by atoms with Gasteiger partial charge < -0.3 is 10.2 Å². The maximum Gasteiger partial charge on any atom is 0.251 e. The summed E-state index contributed by atoms with van der Waals surface area (Å²) in [6.45, 7) is 8.59. The molecule has 2 rings (SSSR count). The highest BCUT2D eigenvalue weighted by Gasteiger charge is 2.21. The summed E-state index contributed by atoms with van der Waals surface area (Å²) in [6.07, 6.45) is 0. The van der Waals surface area contributed by atoms with Crippen molar-refractivity contribution in [3.8, 4) is 0 Å². The average Bonchev–Trinajstić information content (AvgIpc) is 2.55. The molecule has 0 saturated carbocycles. The Kier molecular flexibility index (Phi) is 6.90. The first-order valence-corrected chi connectivity index (χ1v) is 8.85.